The fraction of sp³-hybridized carbons (Fsp3) is 0.0667. The highest BCUT2D eigenvalue weighted by Crippen LogP contribution is 2.35. The molecule has 0 saturated carbocycles. The van der Waals surface area contributed by atoms with E-state index in [0.717, 1.165) is 26.4 Å². The maximum Gasteiger partial charge on any atom is 0.124 e. The van der Waals surface area contributed by atoms with Crippen LogP contribution in [-0.4, -0.2) is 15.3 Å². The van der Waals surface area contributed by atoms with E-state index in [4.69, 9.17) is 0 Å². The van der Waals surface area contributed by atoms with Crippen molar-refractivity contribution < 1.29 is 5.11 Å². The van der Waals surface area contributed by atoms with Crippen molar-refractivity contribution in [3.63, 3.8) is 0 Å². The summed E-state index contributed by atoms with van der Waals surface area (Å²) >= 11 is 1.55. The largest absolute Gasteiger partial charge is 0.507 e. The van der Waals surface area contributed by atoms with Crippen molar-refractivity contribution in [2.24, 2.45) is 0 Å². The maximum atomic E-state index is 9.86. The molecule has 3 rings (SSSR count). The number of aromatic nitrogens is 2. The molecule has 94 valence electrons. The van der Waals surface area contributed by atoms with Crippen LogP contribution in [0.5, 0.6) is 5.75 Å². The van der Waals surface area contributed by atoms with Gasteiger partial charge in [0.25, 0.3) is 0 Å². The van der Waals surface area contributed by atoms with Gasteiger partial charge in [0.2, 0.25) is 0 Å². The normalized spacial score (nSPS) is 10.8. The molecule has 0 aliphatic heterocycles. The fourth-order valence-corrected chi connectivity index (χ4v) is 2.77. The first-order valence-corrected chi connectivity index (χ1v) is 6.74. The summed E-state index contributed by atoms with van der Waals surface area (Å²) in [4.78, 5) is 1.06. The zero-order valence-electron chi connectivity index (χ0n) is 10.4. The Morgan fingerprint density at radius 2 is 1.68 bits per heavy atom. The van der Waals surface area contributed by atoms with Crippen LogP contribution in [0.25, 0.3) is 10.8 Å². The number of hydrogen-bond acceptors (Lipinski definition) is 4. The molecule has 0 saturated heterocycles. The van der Waals surface area contributed by atoms with E-state index in [-0.39, 0.29) is 0 Å². The number of phenols is 1. The Morgan fingerprint density at radius 1 is 0.895 bits per heavy atom. The lowest BCUT2D eigenvalue weighted by molar-refractivity contribution is 0.481. The standard InChI is InChI=1S/C15H12N2OS/c1-10-6-9-15(17-16-10)19-14-8-7-13(18)11-4-2-3-5-12(11)14/h2-9,18H,1H3. The van der Waals surface area contributed by atoms with Gasteiger partial charge in [0, 0.05) is 10.3 Å². The molecular weight excluding hydrogens is 256 g/mol. The van der Waals surface area contributed by atoms with E-state index < -0.39 is 0 Å². The fourth-order valence-electron chi connectivity index (χ4n) is 1.90. The average Bonchev–Trinajstić information content (AvgIpc) is 2.45. The molecule has 0 fully saturated rings. The van der Waals surface area contributed by atoms with Crippen molar-refractivity contribution in [3.8, 4) is 5.75 Å². The summed E-state index contributed by atoms with van der Waals surface area (Å²) in [5.41, 5.74) is 0.903. The first kappa shape index (κ1) is 12.0. The molecule has 1 N–H and O–H groups in total. The monoisotopic (exact) mass is 268 g/mol. The summed E-state index contributed by atoms with van der Waals surface area (Å²) in [5.74, 6) is 0.301. The Hall–Kier alpha value is -2.07. The first-order chi connectivity index (χ1) is 9.24. The predicted molar refractivity (Wildman–Crippen MR) is 76.5 cm³/mol. The molecule has 0 aliphatic carbocycles. The van der Waals surface area contributed by atoms with Gasteiger partial charge in [0.1, 0.15) is 10.8 Å². The zero-order valence-corrected chi connectivity index (χ0v) is 11.2. The van der Waals surface area contributed by atoms with Gasteiger partial charge in [-0.05, 0) is 36.6 Å². The van der Waals surface area contributed by atoms with E-state index in [1.165, 1.54) is 0 Å². The number of hydrogen-bond donors (Lipinski definition) is 1. The number of fused-ring (bicyclic) bond motifs is 1. The molecule has 0 unspecified atom stereocenters. The lowest BCUT2D eigenvalue weighted by atomic mass is 10.1. The van der Waals surface area contributed by atoms with Gasteiger partial charge in [-0.2, -0.15) is 5.10 Å². The highest BCUT2D eigenvalue weighted by atomic mass is 32.2. The molecule has 0 radical (unpaired) electrons. The van der Waals surface area contributed by atoms with Crippen molar-refractivity contribution in [3.05, 3.63) is 54.2 Å². The quantitative estimate of drug-likeness (QED) is 0.768. The molecule has 0 bridgehead atoms. The highest BCUT2D eigenvalue weighted by Gasteiger charge is 2.07. The molecular formula is C15H12N2OS. The second kappa shape index (κ2) is 4.90. The summed E-state index contributed by atoms with van der Waals surface area (Å²) in [6.07, 6.45) is 0. The van der Waals surface area contributed by atoms with Crippen molar-refractivity contribution in [1.82, 2.24) is 10.2 Å². The Labute approximate surface area is 115 Å². The van der Waals surface area contributed by atoms with E-state index in [9.17, 15) is 5.11 Å². The van der Waals surface area contributed by atoms with Crippen LogP contribution < -0.4 is 0 Å². The molecule has 3 nitrogen and oxygen atoms in total. The number of rotatable bonds is 2. The number of benzene rings is 2. The van der Waals surface area contributed by atoms with Gasteiger partial charge in [0.15, 0.2) is 0 Å². The SMILES string of the molecule is Cc1ccc(Sc2ccc(O)c3ccccc23)nn1. The van der Waals surface area contributed by atoms with Crippen LogP contribution in [0.4, 0.5) is 0 Å². The third kappa shape index (κ3) is 2.39. The topological polar surface area (TPSA) is 46.0 Å². The first-order valence-electron chi connectivity index (χ1n) is 5.93. The van der Waals surface area contributed by atoms with Gasteiger partial charge < -0.3 is 5.11 Å². The van der Waals surface area contributed by atoms with Crippen LogP contribution in [0.3, 0.4) is 0 Å². The van der Waals surface area contributed by atoms with Crippen molar-refractivity contribution in [2.75, 3.05) is 0 Å². The van der Waals surface area contributed by atoms with Gasteiger partial charge in [-0.3, -0.25) is 0 Å². The lowest BCUT2D eigenvalue weighted by Gasteiger charge is -2.07. The van der Waals surface area contributed by atoms with E-state index in [1.54, 1.807) is 17.8 Å². The molecule has 3 aromatic rings. The Bertz CT molecular complexity index is 726. The molecule has 0 aliphatic rings. The van der Waals surface area contributed by atoms with Crippen LogP contribution >= 0.6 is 11.8 Å². The molecule has 0 spiro atoms. The molecule has 0 atom stereocenters. The zero-order chi connectivity index (χ0) is 13.2. The lowest BCUT2D eigenvalue weighted by Crippen LogP contribution is -1.87. The molecule has 2 aromatic carbocycles. The molecule has 4 heteroatoms. The Kier molecular flexibility index (Phi) is 3.09. The van der Waals surface area contributed by atoms with Crippen LogP contribution in [0, 0.1) is 6.92 Å². The Morgan fingerprint density at radius 3 is 2.42 bits per heavy atom. The van der Waals surface area contributed by atoms with Gasteiger partial charge >= 0.3 is 0 Å². The summed E-state index contributed by atoms with van der Waals surface area (Å²) in [6.45, 7) is 1.91. The van der Waals surface area contributed by atoms with Crippen LogP contribution in [0.15, 0.2) is 58.5 Å². The van der Waals surface area contributed by atoms with Crippen LogP contribution in [-0.2, 0) is 0 Å². The number of aromatic hydroxyl groups is 1. The van der Waals surface area contributed by atoms with Gasteiger partial charge in [-0.15, -0.1) is 5.10 Å². The van der Waals surface area contributed by atoms with E-state index >= 15 is 0 Å². The van der Waals surface area contributed by atoms with Gasteiger partial charge in [0.05, 0.1) is 5.69 Å². The van der Waals surface area contributed by atoms with Crippen molar-refractivity contribution >= 4 is 22.5 Å². The second-order valence-electron chi connectivity index (χ2n) is 4.24. The second-order valence-corrected chi connectivity index (χ2v) is 5.31. The highest BCUT2D eigenvalue weighted by molar-refractivity contribution is 7.99. The number of phenolic OH excluding ortho intramolecular Hbond substituents is 1. The minimum absolute atomic E-state index is 0.301. The number of aryl methyl sites for hydroxylation is 1. The van der Waals surface area contributed by atoms with E-state index in [0.29, 0.717) is 5.75 Å². The number of nitrogens with zero attached hydrogens (tertiary/aromatic N) is 2. The smallest absolute Gasteiger partial charge is 0.124 e. The third-order valence-corrected chi connectivity index (χ3v) is 3.85. The van der Waals surface area contributed by atoms with Crippen molar-refractivity contribution in [2.45, 2.75) is 16.8 Å². The average molecular weight is 268 g/mol. The summed E-state index contributed by atoms with van der Waals surface area (Å²) < 4.78 is 0. The molecule has 1 aromatic heterocycles. The van der Waals surface area contributed by atoms with Gasteiger partial charge in [-0.1, -0.05) is 36.0 Å². The molecule has 19 heavy (non-hydrogen) atoms. The third-order valence-electron chi connectivity index (χ3n) is 2.85. The molecule has 0 amide bonds. The Balaban J connectivity index is 2.06. The molecule has 1 heterocycles. The summed E-state index contributed by atoms with van der Waals surface area (Å²) in [7, 11) is 0. The van der Waals surface area contributed by atoms with E-state index in [2.05, 4.69) is 10.2 Å². The summed E-state index contributed by atoms with van der Waals surface area (Å²) in [6, 6.07) is 15.3. The minimum atomic E-state index is 0.301. The van der Waals surface area contributed by atoms with Crippen LogP contribution in [0.2, 0.25) is 0 Å². The van der Waals surface area contributed by atoms with Crippen molar-refractivity contribution in [1.29, 1.82) is 0 Å². The van der Waals surface area contributed by atoms with E-state index in [1.807, 2.05) is 49.4 Å². The summed E-state index contributed by atoms with van der Waals surface area (Å²) in [5, 5.41) is 20.8. The minimum Gasteiger partial charge on any atom is -0.507 e. The maximum absolute atomic E-state index is 9.86. The van der Waals surface area contributed by atoms with Crippen LogP contribution in [0.1, 0.15) is 5.69 Å². The predicted octanol–water partition coefficient (Wildman–Crippen LogP) is 3.80. The van der Waals surface area contributed by atoms with Gasteiger partial charge in [-0.25, -0.2) is 0 Å².